The quantitative estimate of drug-likeness (QED) is 0.150. The summed E-state index contributed by atoms with van der Waals surface area (Å²) in [5.41, 5.74) is 0.426. The van der Waals surface area contributed by atoms with Gasteiger partial charge < -0.3 is 14.8 Å². The van der Waals surface area contributed by atoms with Gasteiger partial charge in [0.1, 0.15) is 23.9 Å². The third-order valence-corrected chi connectivity index (χ3v) is 5.49. The van der Waals surface area contributed by atoms with Gasteiger partial charge in [0, 0.05) is 26.7 Å². The van der Waals surface area contributed by atoms with Crippen molar-refractivity contribution < 1.29 is 19.2 Å². The van der Waals surface area contributed by atoms with Gasteiger partial charge in [-0.1, -0.05) is 46.9 Å². The second kappa shape index (κ2) is 11.6. The van der Waals surface area contributed by atoms with Crippen molar-refractivity contribution >= 4 is 58.2 Å². The Hall–Kier alpha value is -3.77. The first kappa shape index (κ1) is 25.8. The van der Waals surface area contributed by atoms with Crippen LogP contribution in [0.2, 0.25) is 15.1 Å². The number of amides is 1. The molecule has 0 unspecified atom stereocenters. The number of carbonyl (C=O) groups is 1. The van der Waals surface area contributed by atoms with Crippen molar-refractivity contribution in [2.24, 2.45) is 0 Å². The zero-order valence-electron chi connectivity index (χ0n) is 18.1. The maximum absolute atomic E-state index is 12.6. The Morgan fingerprint density at radius 1 is 1.09 bits per heavy atom. The predicted octanol–water partition coefficient (Wildman–Crippen LogP) is 6.69. The van der Waals surface area contributed by atoms with Gasteiger partial charge in [0.15, 0.2) is 11.5 Å². The first-order valence-electron chi connectivity index (χ1n) is 9.83. The van der Waals surface area contributed by atoms with Gasteiger partial charge in [0.2, 0.25) is 0 Å². The molecule has 0 heterocycles. The maximum atomic E-state index is 12.6. The van der Waals surface area contributed by atoms with Crippen LogP contribution >= 0.6 is 34.8 Å². The van der Waals surface area contributed by atoms with Crippen LogP contribution in [0.1, 0.15) is 11.1 Å². The Kier molecular flexibility index (Phi) is 8.55. The molecule has 3 aromatic carbocycles. The van der Waals surface area contributed by atoms with E-state index in [4.69, 9.17) is 44.3 Å². The molecule has 0 atom stereocenters. The van der Waals surface area contributed by atoms with E-state index in [1.807, 2.05) is 0 Å². The first-order valence-corrected chi connectivity index (χ1v) is 11.0. The molecule has 0 aliphatic rings. The summed E-state index contributed by atoms with van der Waals surface area (Å²) < 4.78 is 11.2. The molecule has 0 aliphatic heterocycles. The minimum Gasteiger partial charge on any atom is -0.493 e. The van der Waals surface area contributed by atoms with Crippen molar-refractivity contribution in [3.63, 3.8) is 0 Å². The molecule has 0 bridgehead atoms. The summed E-state index contributed by atoms with van der Waals surface area (Å²) in [6.07, 6.45) is 1.32. The zero-order valence-corrected chi connectivity index (χ0v) is 20.3. The number of rotatable bonds is 8. The second-order valence-electron chi connectivity index (χ2n) is 6.98. The molecule has 0 spiro atoms. The largest absolute Gasteiger partial charge is 0.493 e. The monoisotopic (exact) mass is 531 g/mol. The normalized spacial score (nSPS) is 10.9. The number of ether oxygens (including phenoxy) is 2. The van der Waals surface area contributed by atoms with Crippen LogP contribution in [0.25, 0.3) is 6.08 Å². The van der Waals surface area contributed by atoms with Crippen molar-refractivity contribution in [3.8, 4) is 17.6 Å². The van der Waals surface area contributed by atoms with Gasteiger partial charge in [-0.25, -0.2) is 0 Å². The molecule has 0 saturated heterocycles. The SMILES string of the molecule is COc1cc(/C=C(\C#N)C(=O)Nc2ccc(Cl)cc2[N+](=O)[O-])ccc1OCc1ccc(Cl)cc1Cl. The lowest BCUT2D eigenvalue weighted by molar-refractivity contribution is -0.383. The molecule has 0 fully saturated rings. The number of nitrogens with zero attached hydrogens (tertiary/aromatic N) is 2. The molecule has 11 heteroatoms. The summed E-state index contributed by atoms with van der Waals surface area (Å²) in [6, 6.07) is 15.5. The molecule has 8 nitrogen and oxygen atoms in total. The number of halogens is 3. The Morgan fingerprint density at radius 2 is 1.80 bits per heavy atom. The number of nitro groups is 1. The topological polar surface area (TPSA) is 114 Å². The highest BCUT2D eigenvalue weighted by atomic mass is 35.5. The first-order chi connectivity index (χ1) is 16.7. The molecule has 0 radical (unpaired) electrons. The highest BCUT2D eigenvalue weighted by molar-refractivity contribution is 6.35. The molecule has 1 amide bonds. The Balaban J connectivity index is 1.80. The number of benzene rings is 3. The lowest BCUT2D eigenvalue weighted by Gasteiger charge is -2.12. The average Bonchev–Trinajstić information content (AvgIpc) is 2.83. The molecule has 178 valence electrons. The molecule has 0 saturated carbocycles. The smallest absolute Gasteiger partial charge is 0.294 e. The van der Waals surface area contributed by atoms with Gasteiger partial charge in [-0.2, -0.15) is 5.26 Å². The number of anilines is 1. The van der Waals surface area contributed by atoms with E-state index in [2.05, 4.69) is 5.32 Å². The standard InChI is InChI=1S/C24H16Cl3N3O5/c1-34-23-9-14(2-7-22(23)35-13-15-3-4-17(25)10-19(15)27)8-16(12-28)24(31)29-20-6-5-18(26)11-21(20)30(32)33/h2-11H,13H2,1H3,(H,29,31)/b16-8+. The van der Waals surface area contributed by atoms with E-state index in [0.717, 1.165) is 11.6 Å². The summed E-state index contributed by atoms with van der Waals surface area (Å²) in [4.78, 5) is 23.2. The Bertz CT molecular complexity index is 1370. The maximum Gasteiger partial charge on any atom is 0.294 e. The lowest BCUT2D eigenvalue weighted by atomic mass is 10.1. The minimum absolute atomic E-state index is 0.0901. The third kappa shape index (κ3) is 6.64. The van der Waals surface area contributed by atoms with Crippen LogP contribution < -0.4 is 14.8 Å². The van der Waals surface area contributed by atoms with Gasteiger partial charge in [-0.3, -0.25) is 14.9 Å². The molecule has 3 rings (SSSR count). The van der Waals surface area contributed by atoms with E-state index in [-0.39, 0.29) is 22.9 Å². The molecule has 0 aromatic heterocycles. The summed E-state index contributed by atoms with van der Waals surface area (Å²) in [7, 11) is 1.45. The van der Waals surface area contributed by atoms with E-state index in [0.29, 0.717) is 27.1 Å². The summed E-state index contributed by atoms with van der Waals surface area (Å²) in [5.74, 6) is -0.0557. The highest BCUT2D eigenvalue weighted by Gasteiger charge is 2.19. The number of hydrogen-bond donors (Lipinski definition) is 1. The van der Waals surface area contributed by atoms with Crippen LogP contribution in [0.15, 0.2) is 60.2 Å². The fourth-order valence-corrected chi connectivity index (χ4v) is 3.58. The summed E-state index contributed by atoms with van der Waals surface area (Å²) in [6.45, 7) is 0.160. The van der Waals surface area contributed by atoms with Gasteiger partial charge >= 0.3 is 0 Å². The van der Waals surface area contributed by atoms with Crippen molar-refractivity contribution in [1.29, 1.82) is 5.26 Å². The van der Waals surface area contributed by atoms with E-state index >= 15 is 0 Å². The van der Waals surface area contributed by atoms with Gasteiger partial charge in [0.05, 0.1) is 12.0 Å². The van der Waals surface area contributed by atoms with Crippen molar-refractivity contribution in [1.82, 2.24) is 0 Å². The van der Waals surface area contributed by atoms with Crippen LogP contribution in [0.4, 0.5) is 11.4 Å². The Labute approximate surface area is 215 Å². The fraction of sp³-hybridized carbons (Fsp3) is 0.0833. The zero-order chi connectivity index (χ0) is 25.5. The molecule has 3 aromatic rings. The van der Waals surface area contributed by atoms with E-state index in [1.54, 1.807) is 42.5 Å². The molecule has 1 N–H and O–H groups in total. The molecular weight excluding hydrogens is 517 g/mol. The van der Waals surface area contributed by atoms with Crippen LogP contribution in [0.3, 0.4) is 0 Å². The van der Waals surface area contributed by atoms with Crippen LogP contribution in [-0.4, -0.2) is 17.9 Å². The molecule has 0 aliphatic carbocycles. The van der Waals surface area contributed by atoms with Crippen molar-refractivity contribution in [2.75, 3.05) is 12.4 Å². The Morgan fingerprint density at radius 3 is 2.46 bits per heavy atom. The van der Waals surface area contributed by atoms with Crippen LogP contribution in [0, 0.1) is 21.4 Å². The second-order valence-corrected chi connectivity index (χ2v) is 8.26. The van der Waals surface area contributed by atoms with Crippen LogP contribution in [0.5, 0.6) is 11.5 Å². The number of nitrogens with one attached hydrogen (secondary N) is 1. The highest BCUT2D eigenvalue weighted by Crippen LogP contribution is 2.32. The molecular formula is C24H16Cl3N3O5. The van der Waals surface area contributed by atoms with Gasteiger partial charge in [0.25, 0.3) is 11.6 Å². The lowest BCUT2D eigenvalue weighted by Crippen LogP contribution is -2.14. The van der Waals surface area contributed by atoms with E-state index in [1.165, 1.54) is 25.3 Å². The third-order valence-electron chi connectivity index (χ3n) is 4.67. The average molecular weight is 533 g/mol. The van der Waals surface area contributed by atoms with Gasteiger partial charge in [-0.05, 0) is 48.0 Å². The summed E-state index contributed by atoms with van der Waals surface area (Å²) >= 11 is 17.9. The number of methoxy groups -OCH3 is 1. The van der Waals surface area contributed by atoms with E-state index < -0.39 is 16.5 Å². The number of carbonyl (C=O) groups excluding carboxylic acids is 1. The predicted molar refractivity (Wildman–Crippen MR) is 134 cm³/mol. The fourth-order valence-electron chi connectivity index (χ4n) is 2.95. The van der Waals surface area contributed by atoms with E-state index in [9.17, 15) is 20.2 Å². The van der Waals surface area contributed by atoms with Crippen molar-refractivity contribution in [3.05, 3.63) is 96.5 Å². The number of nitro benzene ring substituents is 1. The minimum atomic E-state index is -0.824. The van der Waals surface area contributed by atoms with Crippen molar-refractivity contribution in [2.45, 2.75) is 6.61 Å². The number of nitriles is 1. The summed E-state index contributed by atoms with van der Waals surface area (Å²) in [5, 5.41) is 24.2. The molecule has 35 heavy (non-hydrogen) atoms. The number of hydrogen-bond acceptors (Lipinski definition) is 6. The van der Waals surface area contributed by atoms with Crippen LogP contribution in [-0.2, 0) is 11.4 Å². The van der Waals surface area contributed by atoms with Gasteiger partial charge in [-0.15, -0.1) is 0 Å².